The van der Waals surface area contributed by atoms with E-state index in [0.717, 1.165) is 18.2 Å². The zero-order valence-corrected chi connectivity index (χ0v) is 10.5. The third kappa shape index (κ3) is 3.73. The fourth-order valence-electron chi connectivity index (χ4n) is 1.35. The number of non-ortho nitro benzene ring substituents is 2. The van der Waals surface area contributed by atoms with Crippen LogP contribution in [-0.2, 0) is 0 Å². The number of nitrogens with one attached hydrogen (secondary N) is 1. The largest absolute Gasteiger partial charge is 0.350 e. The first-order valence-electron chi connectivity index (χ1n) is 5.60. The van der Waals surface area contributed by atoms with Gasteiger partial charge in [-0.05, 0) is 13.3 Å². The van der Waals surface area contributed by atoms with E-state index in [0.29, 0.717) is 6.42 Å². The quantitative estimate of drug-likeness (QED) is 0.647. The van der Waals surface area contributed by atoms with Gasteiger partial charge in [-0.3, -0.25) is 25.0 Å². The van der Waals surface area contributed by atoms with E-state index in [1.807, 2.05) is 6.92 Å². The van der Waals surface area contributed by atoms with Crippen LogP contribution in [0.1, 0.15) is 30.6 Å². The molecule has 1 rings (SSSR count). The lowest BCUT2D eigenvalue weighted by Gasteiger charge is -2.11. The molecule has 0 saturated carbocycles. The van der Waals surface area contributed by atoms with Gasteiger partial charge in [0.1, 0.15) is 0 Å². The molecule has 1 N–H and O–H groups in total. The van der Waals surface area contributed by atoms with E-state index in [9.17, 15) is 25.0 Å². The van der Waals surface area contributed by atoms with Crippen molar-refractivity contribution in [2.24, 2.45) is 0 Å². The monoisotopic (exact) mass is 267 g/mol. The summed E-state index contributed by atoms with van der Waals surface area (Å²) in [6, 6.07) is 2.74. The number of hydrogen-bond donors (Lipinski definition) is 1. The Morgan fingerprint density at radius 1 is 1.21 bits per heavy atom. The molecule has 0 unspecified atom stereocenters. The molecule has 0 aliphatic rings. The van der Waals surface area contributed by atoms with Gasteiger partial charge in [-0.25, -0.2) is 0 Å². The molecule has 1 aromatic rings. The predicted molar refractivity (Wildman–Crippen MR) is 67.0 cm³/mol. The van der Waals surface area contributed by atoms with Gasteiger partial charge in [-0.1, -0.05) is 6.92 Å². The number of benzene rings is 1. The van der Waals surface area contributed by atoms with Gasteiger partial charge in [0.25, 0.3) is 17.3 Å². The highest BCUT2D eigenvalue weighted by molar-refractivity contribution is 5.95. The van der Waals surface area contributed by atoms with Crippen molar-refractivity contribution in [1.29, 1.82) is 0 Å². The summed E-state index contributed by atoms with van der Waals surface area (Å²) in [5.41, 5.74) is -1.06. The van der Waals surface area contributed by atoms with Crippen molar-refractivity contribution in [3.8, 4) is 0 Å². The number of nitrogens with zero attached hydrogens (tertiary/aromatic N) is 2. The molecule has 0 heterocycles. The molecule has 1 atom stereocenters. The van der Waals surface area contributed by atoms with E-state index >= 15 is 0 Å². The van der Waals surface area contributed by atoms with Crippen LogP contribution in [0.4, 0.5) is 11.4 Å². The zero-order valence-electron chi connectivity index (χ0n) is 10.5. The molecule has 0 aliphatic heterocycles. The van der Waals surface area contributed by atoms with Crippen LogP contribution in [0.3, 0.4) is 0 Å². The number of amides is 1. The first kappa shape index (κ1) is 14.6. The number of carbonyl (C=O) groups excluding carboxylic acids is 1. The molecule has 1 aromatic carbocycles. The third-order valence-electron chi connectivity index (χ3n) is 2.58. The standard InChI is InChI=1S/C11H13N3O5/c1-3-7(2)12-11(15)8-4-9(13(16)17)6-10(5-8)14(18)19/h4-7H,3H2,1-2H3,(H,12,15)/t7-/m0/s1. The van der Waals surface area contributed by atoms with Crippen molar-refractivity contribution in [2.75, 3.05) is 0 Å². The lowest BCUT2D eigenvalue weighted by atomic mass is 10.1. The second-order valence-electron chi connectivity index (χ2n) is 4.04. The summed E-state index contributed by atoms with van der Waals surface area (Å²) in [7, 11) is 0. The fraction of sp³-hybridized carbons (Fsp3) is 0.364. The number of rotatable bonds is 5. The third-order valence-corrected chi connectivity index (χ3v) is 2.58. The van der Waals surface area contributed by atoms with Gasteiger partial charge in [-0.2, -0.15) is 0 Å². The Kier molecular flexibility index (Phi) is 4.51. The number of carbonyl (C=O) groups is 1. The Labute approximate surface area is 108 Å². The molecular formula is C11H13N3O5. The average molecular weight is 267 g/mol. The summed E-state index contributed by atoms with van der Waals surface area (Å²) < 4.78 is 0. The minimum Gasteiger partial charge on any atom is -0.350 e. The molecule has 0 fully saturated rings. The van der Waals surface area contributed by atoms with Crippen molar-refractivity contribution >= 4 is 17.3 Å². The van der Waals surface area contributed by atoms with Gasteiger partial charge in [0.2, 0.25) is 0 Å². The second-order valence-corrected chi connectivity index (χ2v) is 4.04. The van der Waals surface area contributed by atoms with E-state index in [-0.39, 0.29) is 11.6 Å². The van der Waals surface area contributed by atoms with Gasteiger partial charge in [0, 0.05) is 18.2 Å². The number of nitro groups is 2. The second kappa shape index (κ2) is 5.89. The van der Waals surface area contributed by atoms with Crippen LogP contribution in [0, 0.1) is 20.2 Å². The topological polar surface area (TPSA) is 115 Å². The maximum Gasteiger partial charge on any atom is 0.277 e. The lowest BCUT2D eigenvalue weighted by Crippen LogP contribution is -2.31. The highest BCUT2D eigenvalue weighted by atomic mass is 16.6. The summed E-state index contributed by atoms with van der Waals surface area (Å²) in [5, 5.41) is 24.0. The molecule has 102 valence electrons. The fourth-order valence-corrected chi connectivity index (χ4v) is 1.35. The molecule has 0 aliphatic carbocycles. The Balaban J connectivity index is 3.16. The maximum atomic E-state index is 11.8. The molecule has 8 heteroatoms. The van der Waals surface area contributed by atoms with E-state index in [1.54, 1.807) is 6.92 Å². The molecule has 8 nitrogen and oxygen atoms in total. The number of nitro benzene ring substituents is 2. The lowest BCUT2D eigenvalue weighted by molar-refractivity contribution is -0.394. The first-order chi connectivity index (χ1) is 8.85. The van der Waals surface area contributed by atoms with Gasteiger partial charge in [-0.15, -0.1) is 0 Å². The van der Waals surface area contributed by atoms with Crippen LogP contribution < -0.4 is 5.32 Å². The average Bonchev–Trinajstić information content (AvgIpc) is 2.37. The van der Waals surface area contributed by atoms with Crippen LogP contribution in [-0.4, -0.2) is 21.8 Å². The van der Waals surface area contributed by atoms with Crippen molar-refractivity contribution in [2.45, 2.75) is 26.3 Å². The molecular weight excluding hydrogens is 254 g/mol. The normalized spacial score (nSPS) is 11.7. The molecule has 0 spiro atoms. The van der Waals surface area contributed by atoms with Crippen LogP contribution in [0.5, 0.6) is 0 Å². The Morgan fingerprint density at radius 3 is 2.05 bits per heavy atom. The van der Waals surface area contributed by atoms with E-state index < -0.39 is 27.1 Å². The molecule has 0 aromatic heterocycles. The summed E-state index contributed by atoms with van der Waals surface area (Å²) in [6.45, 7) is 3.63. The van der Waals surface area contributed by atoms with Crippen LogP contribution in [0.15, 0.2) is 18.2 Å². The van der Waals surface area contributed by atoms with Crippen molar-refractivity contribution in [3.63, 3.8) is 0 Å². The highest BCUT2D eigenvalue weighted by Gasteiger charge is 2.20. The molecule has 0 bridgehead atoms. The Bertz CT molecular complexity index is 497. The van der Waals surface area contributed by atoms with Gasteiger partial charge < -0.3 is 5.32 Å². The molecule has 1 amide bonds. The van der Waals surface area contributed by atoms with Crippen molar-refractivity contribution in [3.05, 3.63) is 44.0 Å². The summed E-state index contributed by atoms with van der Waals surface area (Å²) in [5.74, 6) is -0.568. The Hall–Kier alpha value is -2.51. The summed E-state index contributed by atoms with van der Waals surface area (Å²) in [6.07, 6.45) is 0.683. The van der Waals surface area contributed by atoms with Crippen LogP contribution >= 0.6 is 0 Å². The molecule has 0 radical (unpaired) electrons. The maximum absolute atomic E-state index is 11.8. The highest BCUT2D eigenvalue weighted by Crippen LogP contribution is 2.22. The minimum atomic E-state index is -0.771. The van der Waals surface area contributed by atoms with Gasteiger partial charge in [0.15, 0.2) is 0 Å². The predicted octanol–water partition coefficient (Wildman–Crippen LogP) is 2.03. The molecule has 0 saturated heterocycles. The first-order valence-corrected chi connectivity index (χ1v) is 5.60. The summed E-state index contributed by atoms with van der Waals surface area (Å²) >= 11 is 0. The minimum absolute atomic E-state index is 0.0961. The van der Waals surface area contributed by atoms with E-state index in [4.69, 9.17) is 0 Å². The van der Waals surface area contributed by atoms with Gasteiger partial charge in [0.05, 0.1) is 21.5 Å². The van der Waals surface area contributed by atoms with Crippen molar-refractivity contribution < 1.29 is 14.6 Å². The number of hydrogen-bond acceptors (Lipinski definition) is 5. The zero-order chi connectivity index (χ0) is 14.6. The van der Waals surface area contributed by atoms with Crippen LogP contribution in [0.2, 0.25) is 0 Å². The van der Waals surface area contributed by atoms with Crippen LogP contribution in [0.25, 0.3) is 0 Å². The van der Waals surface area contributed by atoms with E-state index in [2.05, 4.69) is 5.32 Å². The SMILES string of the molecule is CC[C@H](C)NC(=O)c1cc([N+](=O)[O-])cc([N+](=O)[O-])c1. The molecule has 19 heavy (non-hydrogen) atoms. The smallest absolute Gasteiger partial charge is 0.277 e. The Morgan fingerprint density at radius 2 is 1.68 bits per heavy atom. The summed E-state index contributed by atoms with van der Waals surface area (Å²) in [4.78, 5) is 31.6. The van der Waals surface area contributed by atoms with Gasteiger partial charge >= 0.3 is 0 Å². The van der Waals surface area contributed by atoms with Crippen molar-refractivity contribution in [1.82, 2.24) is 5.32 Å². The van der Waals surface area contributed by atoms with E-state index in [1.165, 1.54) is 0 Å².